The Morgan fingerprint density at radius 1 is 1.31 bits per heavy atom. The first-order valence-corrected chi connectivity index (χ1v) is 9.14. The molecule has 0 aliphatic carbocycles. The molecule has 0 saturated carbocycles. The maximum atomic E-state index is 12.9. The van der Waals surface area contributed by atoms with Crippen molar-refractivity contribution in [2.24, 2.45) is 0 Å². The summed E-state index contributed by atoms with van der Waals surface area (Å²) in [5, 5.41) is 1.03. The van der Waals surface area contributed by atoms with Crippen molar-refractivity contribution in [2.75, 3.05) is 13.1 Å². The fourth-order valence-corrected chi connectivity index (χ4v) is 3.75. The van der Waals surface area contributed by atoms with Gasteiger partial charge in [0.05, 0.1) is 12.7 Å². The number of benzene rings is 1. The molecule has 1 aromatic carbocycles. The number of piperidine rings is 1. The number of fused-ring (bicyclic) bond motifs is 1. The van der Waals surface area contributed by atoms with E-state index in [9.17, 15) is 4.79 Å². The van der Waals surface area contributed by atoms with Crippen molar-refractivity contribution < 1.29 is 9.21 Å². The molecular formula is C21H23N3O2. The summed E-state index contributed by atoms with van der Waals surface area (Å²) in [7, 11) is 0. The van der Waals surface area contributed by atoms with Gasteiger partial charge in [-0.05, 0) is 44.4 Å². The summed E-state index contributed by atoms with van der Waals surface area (Å²) in [5.74, 6) is 1.23. The van der Waals surface area contributed by atoms with E-state index in [2.05, 4.69) is 16.0 Å². The number of nitrogens with zero attached hydrogens (tertiary/aromatic N) is 3. The van der Waals surface area contributed by atoms with Crippen LogP contribution in [0.1, 0.15) is 41.4 Å². The molecule has 5 heteroatoms. The zero-order valence-electron chi connectivity index (χ0n) is 15.2. The molecule has 0 spiro atoms. The number of hydrogen-bond acceptors (Lipinski definition) is 4. The van der Waals surface area contributed by atoms with Crippen molar-refractivity contribution in [1.82, 2.24) is 14.9 Å². The summed E-state index contributed by atoms with van der Waals surface area (Å²) >= 11 is 0. The highest BCUT2D eigenvalue weighted by Crippen LogP contribution is 2.27. The predicted molar refractivity (Wildman–Crippen MR) is 100.0 cm³/mol. The Balaban J connectivity index is 1.49. The van der Waals surface area contributed by atoms with Crippen molar-refractivity contribution in [3.63, 3.8) is 0 Å². The van der Waals surface area contributed by atoms with E-state index in [0.717, 1.165) is 59.5 Å². The standard InChI is InChI=1S/C21H23N3O2/c1-14-5-6-18-17(13-26-20(18)10-14)11-21(25)24-9-3-4-16(12-24)19-7-8-22-15(2)23-19/h5-8,10,13,16H,3-4,9,11-12H2,1-2H3. The third-order valence-electron chi connectivity index (χ3n) is 5.14. The lowest BCUT2D eigenvalue weighted by Gasteiger charge is -2.32. The molecule has 4 rings (SSSR count). The second-order valence-corrected chi connectivity index (χ2v) is 7.14. The molecule has 26 heavy (non-hydrogen) atoms. The molecule has 0 radical (unpaired) electrons. The van der Waals surface area contributed by atoms with Gasteiger partial charge in [0.1, 0.15) is 11.4 Å². The minimum absolute atomic E-state index is 0.156. The molecule has 1 aliphatic rings. The molecule has 1 atom stereocenters. The van der Waals surface area contributed by atoms with Crippen LogP contribution < -0.4 is 0 Å². The number of carbonyl (C=O) groups excluding carboxylic acids is 1. The average Bonchev–Trinajstić information content (AvgIpc) is 3.03. The van der Waals surface area contributed by atoms with Crippen molar-refractivity contribution >= 4 is 16.9 Å². The summed E-state index contributed by atoms with van der Waals surface area (Å²) in [4.78, 5) is 23.6. The molecule has 0 N–H and O–H groups in total. The summed E-state index contributed by atoms with van der Waals surface area (Å²) in [6, 6.07) is 8.08. The highest BCUT2D eigenvalue weighted by atomic mass is 16.3. The normalized spacial score (nSPS) is 17.6. The summed E-state index contributed by atoms with van der Waals surface area (Å²) in [5.41, 5.74) is 4.01. The first-order chi connectivity index (χ1) is 12.6. The number of aryl methyl sites for hydroxylation is 2. The number of amides is 1. The van der Waals surface area contributed by atoms with Crippen LogP contribution in [-0.2, 0) is 11.2 Å². The minimum Gasteiger partial charge on any atom is -0.464 e. The van der Waals surface area contributed by atoms with E-state index in [4.69, 9.17) is 4.42 Å². The highest BCUT2D eigenvalue weighted by Gasteiger charge is 2.26. The lowest BCUT2D eigenvalue weighted by atomic mass is 9.94. The first-order valence-electron chi connectivity index (χ1n) is 9.14. The van der Waals surface area contributed by atoms with Gasteiger partial charge < -0.3 is 9.32 Å². The predicted octanol–water partition coefficient (Wildman–Crippen LogP) is 3.79. The molecule has 1 saturated heterocycles. The van der Waals surface area contributed by atoms with E-state index in [1.54, 1.807) is 12.5 Å². The van der Waals surface area contributed by atoms with E-state index in [0.29, 0.717) is 6.42 Å². The topological polar surface area (TPSA) is 59.2 Å². The first kappa shape index (κ1) is 16.8. The maximum Gasteiger partial charge on any atom is 0.227 e. The second kappa shape index (κ2) is 6.90. The van der Waals surface area contributed by atoms with Gasteiger partial charge in [0.25, 0.3) is 0 Å². The highest BCUT2D eigenvalue weighted by molar-refractivity contribution is 5.88. The summed E-state index contributed by atoms with van der Waals surface area (Å²) in [6.07, 6.45) is 5.97. The number of furan rings is 1. The summed E-state index contributed by atoms with van der Waals surface area (Å²) < 4.78 is 5.63. The average molecular weight is 349 g/mol. The summed E-state index contributed by atoms with van der Waals surface area (Å²) in [6.45, 7) is 5.48. The van der Waals surface area contributed by atoms with Gasteiger partial charge in [-0.3, -0.25) is 4.79 Å². The van der Waals surface area contributed by atoms with Gasteiger partial charge in [-0.2, -0.15) is 0 Å². The number of aromatic nitrogens is 2. The van der Waals surface area contributed by atoms with Crippen molar-refractivity contribution in [3.8, 4) is 0 Å². The SMILES string of the molecule is Cc1ccc2c(CC(=O)N3CCCC(c4ccnc(C)n4)C3)coc2c1. The van der Waals surface area contributed by atoms with E-state index in [1.165, 1.54) is 0 Å². The van der Waals surface area contributed by atoms with E-state index < -0.39 is 0 Å². The van der Waals surface area contributed by atoms with Crippen LogP contribution in [0.2, 0.25) is 0 Å². The third kappa shape index (κ3) is 3.34. The van der Waals surface area contributed by atoms with Gasteiger partial charge in [0, 0.05) is 41.8 Å². The fourth-order valence-electron chi connectivity index (χ4n) is 3.75. The quantitative estimate of drug-likeness (QED) is 0.722. The lowest BCUT2D eigenvalue weighted by molar-refractivity contribution is -0.131. The Kier molecular flexibility index (Phi) is 4.45. The molecule has 0 bridgehead atoms. The van der Waals surface area contributed by atoms with E-state index in [1.807, 2.05) is 36.9 Å². The van der Waals surface area contributed by atoms with Crippen LogP contribution in [0.3, 0.4) is 0 Å². The zero-order valence-corrected chi connectivity index (χ0v) is 15.2. The molecule has 2 aromatic heterocycles. The van der Waals surface area contributed by atoms with Crippen molar-refractivity contribution in [2.45, 2.75) is 39.0 Å². The van der Waals surface area contributed by atoms with E-state index >= 15 is 0 Å². The van der Waals surface area contributed by atoms with Crippen LogP contribution in [0.15, 0.2) is 41.1 Å². The number of likely N-dealkylation sites (tertiary alicyclic amines) is 1. The molecule has 1 fully saturated rings. The van der Waals surface area contributed by atoms with Gasteiger partial charge in [0.2, 0.25) is 5.91 Å². The number of carbonyl (C=O) groups is 1. The number of hydrogen-bond donors (Lipinski definition) is 0. The molecular weight excluding hydrogens is 326 g/mol. The van der Waals surface area contributed by atoms with Crippen LogP contribution >= 0.6 is 0 Å². The third-order valence-corrected chi connectivity index (χ3v) is 5.14. The van der Waals surface area contributed by atoms with Gasteiger partial charge in [-0.1, -0.05) is 12.1 Å². The minimum atomic E-state index is 0.156. The Hall–Kier alpha value is -2.69. The molecule has 134 valence electrons. The van der Waals surface area contributed by atoms with Crippen LogP contribution in [-0.4, -0.2) is 33.9 Å². The molecule has 3 aromatic rings. The number of rotatable bonds is 3. The van der Waals surface area contributed by atoms with Gasteiger partial charge in [0.15, 0.2) is 0 Å². The maximum absolute atomic E-state index is 12.9. The van der Waals surface area contributed by atoms with Crippen molar-refractivity contribution in [3.05, 3.63) is 59.4 Å². The fraction of sp³-hybridized carbons (Fsp3) is 0.381. The zero-order chi connectivity index (χ0) is 18.1. The Morgan fingerprint density at radius 2 is 2.19 bits per heavy atom. The largest absolute Gasteiger partial charge is 0.464 e. The molecule has 5 nitrogen and oxygen atoms in total. The van der Waals surface area contributed by atoms with Crippen LogP contribution in [0, 0.1) is 13.8 Å². The molecule has 1 amide bonds. The Labute approximate surface area is 153 Å². The molecule has 1 unspecified atom stereocenters. The van der Waals surface area contributed by atoms with Crippen LogP contribution in [0.25, 0.3) is 11.0 Å². The van der Waals surface area contributed by atoms with Gasteiger partial charge in [-0.15, -0.1) is 0 Å². The Bertz CT molecular complexity index is 947. The lowest BCUT2D eigenvalue weighted by Crippen LogP contribution is -2.40. The molecule has 1 aliphatic heterocycles. The van der Waals surface area contributed by atoms with Gasteiger partial charge in [-0.25, -0.2) is 9.97 Å². The van der Waals surface area contributed by atoms with Crippen LogP contribution in [0.4, 0.5) is 0 Å². The van der Waals surface area contributed by atoms with Crippen LogP contribution in [0.5, 0.6) is 0 Å². The smallest absolute Gasteiger partial charge is 0.227 e. The van der Waals surface area contributed by atoms with E-state index in [-0.39, 0.29) is 11.8 Å². The Morgan fingerprint density at radius 3 is 3.04 bits per heavy atom. The second-order valence-electron chi connectivity index (χ2n) is 7.14. The molecule has 3 heterocycles. The monoisotopic (exact) mass is 349 g/mol. The van der Waals surface area contributed by atoms with Gasteiger partial charge >= 0.3 is 0 Å². The van der Waals surface area contributed by atoms with Crippen molar-refractivity contribution in [1.29, 1.82) is 0 Å².